The average molecular weight is 425 g/mol. The quantitative estimate of drug-likeness (QED) is 0.729. The van der Waals surface area contributed by atoms with Gasteiger partial charge in [0.25, 0.3) is 5.91 Å². The van der Waals surface area contributed by atoms with Crippen molar-refractivity contribution in [3.8, 4) is 5.75 Å². The molecule has 0 radical (unpaired) electrons. The maximum Gasteiger partial charge on any atom is 0.257 e. The van der Waals surface area contributed by atoms with Crippen molar-refractivity contribution in [2.24, 2.45) is 5.92 Å². The lowest BCUT2D eigenvalue weighted by Crippen LogP contribution is -2.50. The summed E-state index contributed by atoms with van der Waals surface area (Å²) in [6.45, 7) is 3.64. The summed E-state index contributed by atoms with van der Waals surface area (Å²) in [6.07, 6.45) is 0. The van der Waals surface area contributed by atoms with Crippen molar-refractivity contribution in [3.05, 3.63) is 64.2 Å². The molecule has 0 unspecified atom stereocenters. The molecule has 0 aliphatic heterocycles. The molecule has 0 aromatic heterocycles. The van der Waals surface area contributed by atoms with Crippen molar-refractivity contribution in [1.82, 2.24) is 10.2 Å². The molecule has 0 spiro atoms. The largest absolute Gasteiger partial charge is 0.496 e. The van der Waals surface area contributed by atoms with E-state index in [1.54, 1.807) is 39.1 Å². The highest BCUT2D eigenvalue weighted by Crippen LogP contribution is 2.24. The second kappa shape index (κ2) is 9.69. The molecule has 1 N–H and O–H groups in total. The predicted molar refractivity (Wildman–Crippen MR) is 107 cm³/mol. The fourth-order valence-corrected chi connectivity index (χ4v) is 3.08. The number of amides is 2. The highest BCUT2D eigenvalue weighted by atomic mass is 35.5. The molecule has 2 aromatic carbocycles. The van der Waals surface area contributed by atoms with E-state index in [9.17, 15) is 18.4 Å². The number of halogens is 3. The molecule has 0 saturated carbocycles. The first-order valence-corrected chi connectivity index (χ1v) is 9.35. The van der Waals surface area contributed by atoms with Crippen LogP contribution in [0, 0.1) is 17.6 Å². The number of hydrogen-bond donors (Lipinski definition) is 1. The maximum atomic E-state index is 13.9. The predicted octanol–water partition coefficient (Wildman–Crippen LogP) is 4.04. The Bertz CT molecular complexity index is 885. The second-order valence-corrected chi connectivity index (χ2v) is 7.38. The first kappa shape index (κ1) is 22.6. The number of nitrogens with zero attached hydrogens (tertiary/aromatic N) is 1. The number of benzene rings is 2. The zero-order chi connectivity index (χ0) is 21.7. The molecule has 0 bridgehead atoms. The first-order chi connectivity index (χ1) is 13.6. The normalized spacial score (nSPS) is 11.9. The minimum Gasteiger partial charge on any atom is -0.496 e. The van der Waals surface area contributed by atoms with E-state index in [0.29, 0.717) is 16.3 Å². The van der Waals surface area contributed by atoms with Crippen molar-refractivity contribution >= 4 is 23.4 Å². The van der Waals surface area contributed by atoms with Crippen LogP contribution in [-0.4, -0.2) is 36.9 Å². The van der Waals surface area contributed by atoms with E-state index in [4.69, 9.17) is 16.3 Å². The third kappa shape index (κ3) is 5.44. The molecular weight excluding hydrogens is 402 g/mol. The van der Waals surface area contributed by atoms with E-state index in [2.05, 4.69) is 5.32 Å². The molecule has 0 aliphatic carbocycles. The number of carbonyl (C=O) groups excluding carboxylic acids is 2. The minimum atomic E-state index is -0.991. The van der Waals surface area contributed by atoms with Crippen LogP contribution in [0.1, 0.15) is 29.8 Å². The van der Waals surface area contributed by atoms with Crippen molar-refractivity contribution < 1.29 is 23.1 Å². The van der Waals surface area contributed by atoms with Crippen LogP contribution in [-0.2, 0) is 11.3 Å². The Morgan fingerprint density at radius 1 is 1.17 bits per heavy atom. The summed E-state index contributed by atoms with van der Waals surface area (Å²) in [4.78, 5) is 26.8. The SMILES string of the molecule is COc1ccc(Cl)cc1CN(C)C(=O)[C@@H](NC(=O)c1c(F)cccc1F)C(C)C. The molecule has 5 nitrogen and oxygen atoms in total. The van der Waals surface area contributed by atoms with Crippen molar-refractivity contribution in [2.75, 3.05) is 14.2 Å². The number of rotatable bonds is 7. The van der Waals surface area contributed by atoms with E-state index in [0.717, 1.165) is 12.1 Å². The van der Waals surface area contributed by atoms with Crippen LogP contribution in [0.2, 0.25) is 5.02 Å². The van der Waals surface area contributed by atoms with Crippen LogP contribution in [0.5, 0.6) is 5.75 Å². The Balaban J connectivity index is 2.21. The van der Waals surface area contributed by atoms with Crippen molar-refractivity contribution in [1.29, 1.82) is 0 Å². The number of methoxy groups -OCH3 is 1. The lowest BCUT2D eigenvalue weighted by molar-refractivity contribution is -0.133. The van der Waals surface area contributed by atoms with Gasteiger partial charge in [-0.05, 0) is 36.2 Å². The minimum absolute atomic E-state index is 0.176. The summed E-state index contributed by atoms with van der Waals surface area (Å²) in [5, 5.41) is 2.94. The van der Waals surface area contributed by atoms with Crippen LogP contribution in [0.15, 0.2) is 36.4 Å². The van der Waals surface area contributed by atoms with Gasteiger partial charge in [-0.25, -0.2) is 8.78 Å². The molecule has 156 valence electrons. The molecule has 0 saturated heterocycles. The molecule has 29 heavy (non-hydrogen) atoms. The van der Waals surface area contributed by atoms with Gasteiger partial charge in [-0.1, -0.05) is 31.5 Å². The molecule has 1 atom stereocenters. The summed E-state index contributed by atoms with van der Waals surface area (Å²) in [7, 11) is 3.07. The molecule has 0 aliphatic rings. The van der Waals surface area contributed by atoms with Crippen LogP contribution < -0.4 is 10.1 Å². The standard InChI is InChI=1S/C21H23ClF2N2O3/c1-12(2)19(25-20(27)18-15(23)6-5-7-16(18)24)21(28)26(3)11-13-10-14(22)8-9-17(13)29-4/h5-10,12,19H,11H2,1-4H3,(H,25,27)/t19-/m0/s1. The number of likely N-dealkylation sites (N-methyl/N-ethyl adjacent to an activating group) is 1. The van der Waals surface area contributed by atoms with Gasteiger partial charge >= 0.3 is 0 Å². The van der Waals surface area contributed by atoms with E-state index in [1.807, 2.05) is 0 Å². The lowest BCUT2D eigenvalue weighted by atomic mass is 10.0. The molecule has 2 rings (SSSR count). The van der Waals surface area contributed by atoms with Gasteiger partial charge in [0.15, 0.2) is 0 Å². The fourth-order valence-electron chi connectivity index (χ4n) is 2.88. The molecule has 2 aromatic rings. The number of hydrogen-bond acceptors (Lipinski definition) is 3. The molecule has 0 fully saturated rings. The zero-order valence-corrected chi connectivity index (χ0v) is 17.4. The van der Waals surface area contributed by atoms with E-state index < -0.39 is 35.1 Å². The molecule has 0 heterocycles. The summed E-state index contributed by atoms with van der Waals surface area (Å²) in [5.74, 6) is -3.13. The molecule has 2 amide bonds. The van der Waals surface area contributed by atoms with Gasteiger partial charge in [0.1, 0.15) is 29.0 Å². The van der Waals surface area contributed by atoms with Crippen LogP contribution in [0.3, 0.4) is 0 Å². The van der Waals surface area contributed by atoms with Crippen LogP contribution in [0.25, 0.3) is 0 Å². The Hall–Kier alpha value is -2.67. The van der Waals surface area contributed by atoms with Gasteiger partial charge in [0.05, 0.1) is 7.11 Å². The Morgan fingerprint density at radius 2 is 1.79 bits per heavy atom. The second-order valence-electron chi connectivity index (χ2n) is 6.94. The van der Waals surface area contributed by atoms with Crippen molar-refractivity contribution in [3.63, 3.8) is 0 Å². The molecule has 8 heteroatoms. The van der Waals surface area contributed by atoms with Gasteiger partial charge < -0.3 is 15.0 Å². The Kier molecular flexibility index (Phi) is 7.56. The summed E-state index contributed by atoms with van der Waals surface area (Å²) in [6, 6.07) is 7.21. The number of carbonyl (C=O) groups is 2. The third-order valence-corrected chi connectivity index (χ3v) is 4.67. The maximum absolute atomic E-state index is 13.9. The highest BCUT2D eigenvalue weighted by molar-refractivity contribution is 6.30. The zero-order valence-electron chi connectivity index (χ0n) is 16.6. The summed E-state index contributed by atoms with van der Waals surface area (Å²) >= 11 is 6.03. The smallest absolute Gasteiger partial charge is 0.257 e. The van der Waals surface area contributed by atoms with Gasteiger partial charge in [0, 0.05) is 24.2 Å². The fraction of sp³-hybridized carbons (Fsp3) is 0.333. The van der Waals surface area contributed by atoms with Gasteiger partial charge in [-0.3, -0.25) is 9.59 Å². The first-order valence-electron chi connectivity index (χ1n) is 8.98. The van der Waals surface area contributed by atoms with Crippen LogP contribution >= 0.6 is 11.6 Å². The molecular formula is C21H23ClF2N2O3. The Morgan fingerprint density at radius 3 is 2.34 bits per heavy atom. The lowest BCUT2D eigenvalue weighted by Gasteiger charge is -2.27. The number of ether oxygens (including phenoxy) is 1. The van der Waals surface area contributed by atoms with E-state index >= 15 is 0 Å². The van der Waals surface area contributed by atoms with E-state index in [1.165, 1.54) is 18.1 Å². The van der Waals surface area contributed by atoms with Gasteiger partial charge in [-0.2, -0.15) is 0 Å². The monoisotopic (exact) mass is 424 g/mol. The van der Waals surface area contributed by atoms with Gasteiger partial charge in [-0.15, -0.1) is 0 Å². The Labute approximate surface area is 173 Å². The third-order valence-electron chi connectivity index (χ3n) is 4.44. The van der Waals surface area contributed by atoms with Crippen molar-refractivity contribution in [2.45, 2.75) is 26.4 Å². The topological polar surface area (TPSA) is 58.6 Å². The highest BCUT2D eigenvalue weighted by Gasteiger charge is 2.29. The summed E-state index contributed by atoms with van der Waals surface area (Å²) < 4.78 is 33.1. The summed E-state index contributed by atoms with van der Waals surface area (Å²) in [5.41, 5.74) is -0.0325. The number of nitrogens with one attached hydrogen (secondary N) is 1. The average Bonchev–Trinajstić information content (AvgIpc) is 2.65. The van der Waals surface area contributed by atoms with Crippen LogP contribution in [0.4, 0.5) is 8.78 Å². The van der Waals surface area contributed by atoms with E-state index in [-0.39, 0.29) is 12.5 Å². The van der Waals surface area contributed by atoms with Gasteiger partial charge in [0.2, 0.25) is 5.91 Å².